The van der Waals surface area contributed by atoms with Crippen LogP contribution in [0.1, 0.15) is 37.8 Å². The molecule has 1 aromatic carbocycles. The Morgan fingerprint density at radius 2 is 1.88 bits per heavy atom. The van der Waals surface area contributed by atoms with Gasteiger partial charge in [-0.05, 0) is 45.2 Å². The van der Waals surface area contributed by atoms with Gasteiger partial charge in [-0.15, -0.1) is 0 Å². The van der Waals surface area contributed by atoms with E-state index in [1.54, 1.807) is 6.92 Å². The standard InChI is InChI=1S/C14H18O3/c1-9-4-5-10-11(8-9)17-12(2)6-7-14(12,16)13(10,3)15/h4-5,8,15-16H,6-7H2,1-3H3/t12-,13-,14-/m0/s1. The first-order valence-electron chi connectivity index (χ1n) is 6.05. The molecule has 1 aliphatic heterocycles. The zero-order valence-corrected chi connectivity index (χ0v) is 10.4. The Hall–Kier alpha value is -1.06. The van der Waals surface area contributed by atoms with Crippen LogP contribution in [0.25, 0.3) is 0 Å². The summed E-state index contributed by atoms with van der Waals surface area (Å²) in [6.07, 6.45) is 1.34. The number of benzene rings is 1. The van der Waals surface area contributed by atoms with E-state index in [0.29, 0.717) is 17.7 Å². The summed E-state index contributed by atoms with van der Waals surface area (Å²) < 4.78 is 5.93. The molecule has 1 heterocycles. The molecule has 0 bridgehead atoms. The van der Waals surface area contributed by atoms with Crippen LogP contribution in [-0.4, -0.2) is 21.4 Å². The van der Waals surface area contributed by atoms with Gasteiger partial charge in [-0.25, -0.2) is 0 Å². The molecule has 2 aliphatic rings. The van der Waals surface area contributed by atoms with Gasteiger partial charge in [0.05, 0.1) is 0 Å². The summed E-state index contributed by atoms with van der Waals surface area (Å²) in [4.78, 5) is 0. The monoisotopic (exact) mass is 234 g/mol. The van der Waals surface area contributed by atoms with Crippen LogP contribution < -0.4 is 4.74 Å². The van der Waals surface area contributed by atoms with E-state index < -0.39 is 16.8 Å². The van der Waals surface area contributed by atoms with Crippen molar-refractivity contribution in [3.05, 3.63) is 29.3 Å². The number of aliphatic hydroxyl groups is 2. The Balaban J connectivity index is 2.23. The zero-order chi connectivity index (χ0) is 12.5. The van der Waals surface area contributed by atoms with Crippen molar-refractivity contribution in [1.82, 2.24) is 0 Å². The third-order valence-corrected chi connectivity index (χ3v) is 4.64. The van der Waals surface area contributed by atoms with Crippen LogP contribution >= 0.6 is 0 Å². The van der Waals surface area contributed by atoms with E-state index in [9.17, 15) is 10.2 Å². The molecule has 0 radical (unpaired) electrons. The fraction of sp³-hybridized carbons (Fsp3) is 0.571. The number of aryl methyl sites for hydroxylation is 1. The molecule has 1 saturated carbocycles. The Morgan fingerprint density at radius 3 is 2.47 bits per heavy atom. The summed E-state index contributed by atoms with van der Waals surface area (Å²) in [5, 5.41) is 21.4. The molecule has 3 nitrogen and oxygen atoms in total. The van der Waals surface area contributed by atoms with Gasteiger partial charge in [-0.2, -0.15) is 0 Å². The summed E-state index contributed by atoms with van der Waals surface area (Å²) in [5.74, 6) is 0.696. The second-order valence-corrected chi connectivity index (χ2v) is 5.77. The van der Waals surface area contributed by atoms with Crippen LogP contribution in [0.5, 0.6) is 5.75 Å². The maximum atomic E-state index is 10.7. The number of fused-ring (bicyclic) bond motifs is 2. The van der Waals surface area contributed by atoms with E-state index in [2.05, 4.69) is 0 Å². The van der Waals surface area contributed by atoms with Crippen LogP contribution in [0.2, 0.25) is 0 Å². The van der Waals surface area contributed by atoms with E-state index in [1.807, 2.05) is 32.0 Å². The summed E-state index contributed by atoms with van der Waals surface area (Å²) in [6, 6.07) is 5.70. The highest BCUT2D eigenvalue weighted by Crippen LogP contribution is 2.59. The van der Waals surface area contributed by atoms with Gasteiger partial charge in [0, 0.05) is 5.56 Å². The Bertz CT molecular complexity index is 494. The van der Waals surface area contributed by atoms with Crippen molar-refractivity contribution in [1.29, 1.82) is 0 Å². The van der Waals surface area contributed by atoms with E-state index in [1.165, 1.54) is 0 Å². The number of rotatable bonds is 0. The number of hydrogen-bond acceptors (Lipinski definition) is 3. The van der Waals surface area contributed by atoms with Gasteiger partial charge in [-0.3, -0.25) is 0 Å². The average Bonchev–Trinajstić information content (AvgIpc) is 2.24. The summed E-state index contributed by atoms with van der Waals surface area (Å²) in [7, 11) is 0. The lowest BCUT2D eigenvalue weighted by atomic mass is 9.55. The zero-order valence-electron chi connectivity index (χ0n) is 10.4. The average molecular weight is 234 g/mol. The van der Waals surface area contributed by atoms with Gasteiger partial charge in [0.2, 0.25) is 0 Å². The van der Waals surface area contributed by atoms with Crippen molar-refractivity contribution >= 4 is 0 Å². The van der Waals surface area contributed by atoms with Crippen LogP contribution in [-0.2, 0) is 5.60 Å². The molecule has 3 rings (SSSR count). The number of ether oxygens (including phenoxy) is 1. The molecule has 1 aliphatic carbocycles. The highest BCUT2D eigenvalue weighted by molar-refractivity contribution is 5.47. The predicted molar refractivity (Wildman–Crippen MR) is 64.0 cm³/mol. The molecular weight excluding hydrogens is 216 g/mol. The fourth-order valence-corrected chi connectivity index (χ4v) is 3.19. The van der Waals surface area contributed by atoms with Gasteiger partial charge in [0.1, 0.15) is 22.6 Å². The Labute approximate surface area is 101 Å². The molecule has 0 saturated heterocycles. The smallest absolute Gasteiger partial charge is 0.138 e. The van der Waals surface area contributed by atoms with Gasteiger partial charge in [-0.1, -0.05) is 12.1 Å². The molecule has 0 spiro atoms. The first kappa shape index (κ1) is 11.1. The summed E-state index contributed by atoms with van der Waals surface area (Å²) >= 11 is 0. The predicted octanol–water partition coefficient (Wildman–Crippen LogP) is 1.88. The van der Waals surface area contributed by atoms with Crippen molar-refractivity contribution in [3.63, 3.8) is 0 Å². The quantitative estimate of drug-likeness (QED) is 0.720. The molecule has 3 atom stereocenters. The summed E-state index contributed by atoms with van der Waals surface area (Å²) in [5.41, 5.74) is -1.32. The maximum Gasteiger partial charge on any atom is 0.138 e. The molecular formula is C14H18O3. The minimum atomic E-state index is -1.25. The molecule has 1 aromatic rings. The first-order chi connectivity index (χ1) is 7.80. The highest BCUT2D eigenvalue weighted by atomic mass is 16.5. The molecule has 1 fully saturated rings. The highest BCUT2D eigenvalue weighted by Gasteiger charge is 2.69. The third kappa shape index (κ3) is 1.09. The molecule has 17 heavy (non-hydrogen) atoms. The lowest BCUT2D eigenvalue weighted by Crippen LogP contribution is -2.75. The lowest BCUT2D eigenvalue weighted by Gasteiger charge is -2.62. The van der Waals surface area contributed by atoms with Crippen molar-refractivity contribution < 1.29 is 14.9 Å². The largest absolute Gasteiger partial charge is 0.484 e. The van der Waals surface area contributed by atoms with Crippen LogP contribution in [0.4, 0.5) is 0 Å². The third-order valence-electron chi connectivity index (χ3n) is 4.64. The van der Waals surface area contributed by atoms with E-state index in [0.717, 1.165) is 12.0 Å². The normalized spacial score (nSPS) is 43.1. The van der Waals surface area contributed by atoms with E-state index in [-0.39, 0.29) is 0 Å². The molecule has 0 aromatic heterocycles. The van der Waals surface area contributed by atoms with Gasteiger partial charge in [0.15, 0.2) is 0 Å². The molecule has 3 heteroatoms. The Kier molecular flexibility index (Phi) is 1.85. The van der Waals surface area contributed by atoms with Crippen LogP contribution in [0.15, 0.2) is 18.2 Å². The van der Waals surface area contributed by atoms with Crippen molar-refractivity contribution in [2.45, 2.75) is 50.4 Å². The lowest BCUT2D eigenvalue weighted by molar-refractivity contribution is -0.296. The van der Waals surface area contributed by atoms with Crippen molar-refractivity contribution in [2.24, 2.45) is 0 Å². The Morgan fingerprint density at radius 1 is 1.18 bits per heavy atom. The minimum Gasteiger partial charge on any atom is -0.484 e. The van der Waals surface area contributed by atoms with Crippen LogP contribution in [0.3, 0.4) is 0 Å². The van der Waals surface area contributed by atoms with E-state index >= 15 is 0 Å². The van der Waals surface area contributed by atoms with Gasteiger partial charge < -0.3 is 14.9 Å². The molecule has 92 valence electrons. The first-order valence-corrected chi connectivity index (χ1v) is 6.05. The van der Waals surface area contributed by atoms with Crippen molar-refractivity contribution in [3.8, 4) is 5.75 Å². The SMILES string of the molecule is Cc1ccc2c(c1)O[C@@]1(C)CC[C@@]1(O)[C@@]2(C)O. The number of hydrogen-bond donors (Lipinski definition) is 2. The topological polar surface area (TPSA) is 49.7 Å². The molecule has 0 unspecified atom stereocenters. The molecule has 0 amide bonds. The minimum absolute atomic E-state index is 0.573. The van der Waals surface area contributed by atoms with Crippen LogP contribution in [0, 0.1) is 6.92 Å². The second kappa shape index (κ2) is 2.85. The van der Waals surface area contributed by atoms with Gasteiger partial charge >= 0.3 is 0 Å². The van der Waals surface area contributed by atoms with Gasteiger partial charge in [0.25, 0.3) is 0 Å². The molecule has 2 N–H and O–H groups in total. The maximum absolute atomic E-state index is 10.7. The summed E-state index contributed by atoms with van der Waals surface area (Å²) in [6.45, 7) is 5.54. The fourth-order valence-electron chi connectivity index (χ4n) is 3.19. The van der Waals surface area contributed by atoms with Crippen molar-refractivity contribution in [2.75, 3.05) is 0 Å². The van der Waals surface area contributed by atoms with E-state index in [4.69, 9.17) is 4.74 Å². The second-order valence-electron chi connectivity index (χ2n) is 5.77.